The van der Waals surface area contributed by atoms with Crippen LogP contribution in [0.3, 0.4) is 0 Å². The molecule has 1 atom stereocenters. The Morgan fingerprint density at radius 2 is 1.88 bits per heavy atom. The number of aromatic nitrogens is 3. The second-order valence-corrected chi connectivity index (χ2v) is 10.7. The zero-order chi connectivity index (χ0) is 23.0. The fraction of sp³-hybridized carbons (Fsp3) is 0.217. The molecule has 1 N–H and O–H groups in total. The summed E-state index contributed by atoms with van der Waals surface area (Å²) in [5.41, 5.74) is 2.20. The van der Waals surface area contributed by atoms with Crippen LogP contribution in [0.15, 0.2) is 65.7 Å². The van der Waals surface area contributed by atoms with Gasteiger partial charge in [-0.05, 0) is 44.0 Å². The molecule has 0 aliphatic carbocycles. The Morgan fingerprint density at radius 3 is 2.70 bits per heavy atom. The Balaban J connectivity index is 1.41. The predicted molar refractivity (Wildman–Crippen MR) is 127 cm³/mol. The highest BCUT2D eigenvalue weighted by atomic mass is 32.2. The number of pyridine rings is 1. The molecule has 0 spiro atoms. The van der Waals surface area contributed by atoms with Gasteiger partial charge in [-0.3, -0.25) is 9.78 Å². The number of benzene rings is 2. The van der Waals surface area contributed by atoms with E-state index in [-0.39, 0.29) is 15.8 Å². The molecule has 1 fully saturated rings. The summed E-state index contributed by atoms with van der Waals surface area (Å²) in [6.07, 6.45) is 2.91. The van der Waals surface area contributed by atoms with Gasteiger partial charge in [0, 0.05) is 23.8 Å². The number of hydrogen-bond donors (Lipinski definition) is 1. The second kappa shape index (κ2) is 8.62. The molecule has 0 bridgehead atoms. The van der Waals surface area contributed by atoms with E-state index in [9.17, 15) is 13.2 Å². The first kappa shape index (κ1) is 21.6. The number of fused-ring (bicyclic) bond motifs is 1. The van der Waals surface area contributed by atoms with Gasteiger partial charge in [0.05, 0.1) is 11.6 Å². The third-order valence-corrected chi connectivity index (χ3v) is 8.58. The van der Waals surface area contributed by atoms with Gasteiger partial charge in [0.25, 0.3) is 5.91 Å². The van der Waals surface area contributed by atoms with Gasteiger partial charge in [-0.25, -0.2) is 8.42 Å². The first-order valence-corrected chi connectivity index (χ1v) is 12.8. The summed E-state index contributed by atoms with van der Waals surface area (Å²) in [7, 11) is -3.82. The molecule has 0 saturated carbocycles. The van der Waals surface area contributed by atoms with Crippen LogP contribution in [0.1, 0.15) is 39.3 Å². The number of nitrogens with one attached hydrogen (secondary N) is 1. The topological polar surface area (TPSA) is 105 Å². The molecule has 0 unspecified atom stereocenters. The van der Waals surface area contributed by atoms with Crippen molar-refractivity contribution >= 4 is 43.9 Å². The molecule has 168 valence electrons. The van der Waals surface area contributed by atoms with Crippen molar-refractivity contribution in [2.24, 2.45) is 0 Å². The fourth-order valence-corrected chi connectivity index (χ4v) is 6.75. The number of sulfonamides is 1. The van der Waals surface area contributed by atoms with Crippen LogP contribution in [0.25, 0.3) is 10.9 Å². The molecule has 1 aliphatic heterocycles. The van der Waals surface area contributed by atoms with Gasteiger partial charge >= 0.3 is 0 Å². The van der Waals surface area contributed by atoms with E-state index in [1.54, 1.807) is 24.4 Å². The highest BCUT2D eigenvalue weighted by molar-refractivity contribution is 7.89. The highest BCUT2D eigenvalue weighted by Gasteiger charge is 2.39. The summed E-state index contributed by atoms with van der Waals surface area (Å²) in [5.74, 6) is -0.367. The third-order valence-electron chi connectivity index (χ3n) is 5.62. The molecule has 1 aliphatic rings. The quantitative estimate of drug-likeness (QED) is 0.461. The largest absolute Gasteiger partial charge is 0.320 e. The molecule has 5 rings (SSSR count). The van der Waals surface area contributed by atoms with Crippen molar-refractivity contribution in [1.82, 2.24) is 19.5 Å². The van der Waals surface area contributed by atoms with Crippen LogP contribution in [0, 0.1) is 6.92 Å². The van der Waals surface area contributed by atoms with Gasteiger partial charge in [0.15, 0.2) is 0 Å². The average molecular weight is 480 g/mol. The highest BCUT2D eigenvalue weighted by Crippen LogP contribution is 2.38. The molecule has 4 aromatic rings. The van der Waals surface area contributed by atoms with Crippen molar-refractivity contribution in [3.8, 4) is 0 Å². The van der Waals surface area contributed by atoms with Gasteiger partial charge in [-0.15, -0.1) is 10.2 Å². The number of hydrogen-bond acceptors (Lipinski definition) is 7. The SMILES string of the molecule is Cc1ccc(NC(=O)c2nnc([C@@H]3CCCN3S(=O)(=O)c3cccc4cccnc34)s2)cc1. The van der Waals surface area contributed by atoms with Gasteiger partial charge in [0.2, 0.25) is 15.0 Å². The number of nitrogens with zero attached hydrogens (tertiary/aromatic N) is 4. The second-order valence-electron chi connectivity index (χ2n) is 7.87. The van der Waals surface area contributed by atoms with Crippen LogP contribution in [-0.4, -0.2) is 40.4 Å². The lowest BCUT2D eigenvalue weighted by Crippen LogP contribution is -2.31. The lowest BCUT2D eigenvalue weighted by Gasteiger charge is -2.22. The molecule has 3 heterocycles. The summed E-state index contributed by atoms with van der Waals surface area (Å²) >= 11 is 1.12. The summed E-state index contributed by atoms with van der Waals surface area (Å²) < 4.78 is 28.7. The number of para-hydroxylation sites is 1. The zero-order valence-electron chi connectivity index (χ0n) is 17.8. The van der Waals surface area contributed by atoms with E-state index in [2.05, 4.69) is 20.5 Å². The molecule has 10 heteroatoms. The Hall–Kier alpha value is -3.21. The number of aryl methyl sites for hydroxylation is 1. The molecule has 2 aromatic carbocycles. The van der Waals surface area contributed by atoms with E-state index in [1.807, 2.05) is 43.3 Å². The lowest BCUT2D eigenvalue weighted by atomic mass is 10.2. The van der Waals surface area contributed by atoms with Crippen molar-refractivity contribution in [3.05, 3.63) is 76.4 Å². The van der Waals surface area contributed by atoms with Crippen molar-refractivity contribution in [2.45, 2.75) is 30.7 Å². The van der Waals surface area contributed by atoms with Crippen LogP contribution in [0.5, 0.6) is 0 Å². The first-order chi connectivity index (χ1) is 15.9. The minimum absolute atomic E-state index is 0.175. The molecule has 1 amide bonds. The van der Waals surface area contributed by atoms with Gasteiger partial charge in [0.1, 0.15) is 9.90 Å². The smallest absolute Gasteiger partial charge is 0.286 e. The Kier molecular flexibility index (Phi) is 5.65. The van der Waals surface area contributed by atoms with Crippen LogP contribution < -0.4 is 5.32 Å². The van der Waals surface area contributed by atoms with Gasteiger partial charge < -0.3 is 5.32 Å². The minimum Gasteiger partial charge on any atom is -0.320 e. The fourth-order valence-electron chi connectivity index (χ4n) is 3.97. The van der Waals surface area contributed by atoms with Crippen molar-refractivity contribution < 1.29 is 13.2 Å². The molecule has 8 nitrogen and oxygen atoms in total. The number of anilines is 1. The van der Waals surface area contributed by atoms with E-state index >= 15 is 0 Å². The number of amides is 1. The maximum atomic E-state index is 13.6. The molecule has 0 radical (unpaired) electrons. The Labute approximate surface area is 195 Å². The summed E-state index contributed by atoms with van der Waals surface area (Å²) in [5, 5.41) is 12.5. The standard InChI is InChI=1S/C23H21N5O3S2/c1-15-9-11-17(12-10-15)25-21(29)23-27-26-22(32-23)18-7-4-14-28(18)33(30,31)19-8-2-5-16-6-3-13-24-20(16)19/h2-3,5-6,8-13,18H,4,7,14H2,1H3,(H,25,29)/t18-/m0/s1. The van der Waals surface area contributed by atoms with E-state index in [0.29, 0.717) is 35.6 Å². The van der Waals surface area contributed by atoms with E-state index in [0.717, 1.165) is 22.3 Å². The Bertz CT molecular complexity index is 1430. The summed E-state index contributed by atoms with van der Waals surface area (Å²) in [6, 6.07) is 15.8. The maximum Gasteiger partial charge on any atom is 0.286 e. The Morgan fingerprint density at radius 1 is 1.09 bits per heavy atom. The van der Waals surface area contributed by atoms with E-state index < -0.39 is 16.1 Å². The average Bonchev–Trinajstić information content (AvgIpc) is 3.50. The van der Waals surface area contributed by atoms with Crippen LogP contribution in [-0.2, 0) is 10.0 Å². The first-order valence-electron chi connectivity index (χ1n) is 10.5. The molecular formula is C23H21N5O3S2. The number of rotatable bonds is 5. The summed E-state index contributed by atoms with van der Waals surface area (Å²) in [6.45, 7) is 2.35. The van der Waals surface area contributed by atoms with E-state index in [4.69, 9.17) is 0 Å². The lowest BCUT2D eigenvalue weighted by molar-refractivity contribution is 0.102. The monoisotopic (exact) mass is 479 g/mol. The van der Waals surface area contributed by atoms with Crippen LogP contribution >= 0.6 is 11.3 Å². The van der Waals surface area contributed by atoms with Gasteiger partial charge in [-0.2, -0.15) is 4.31 Å². The maximum absolute atomic E-state index is 13.6. The van der Waals surface area contributed by atoms with Gasteiger partial charge in [-0.1, -0.05) is 47.2 Å². The molecule has 2 aromatic heterocycles. The van der Waals surface area contributed by atoms with Crippen LogP contribution in [0.4, 0.5) is 5.69 Å². The van der Waals surface area contributed by atoms with E-state index in [1.165, 1.54) is 4.31 Å². The van der Waals surface area contributed by atoms with Crippen molar-refractivity contribution in [1.29, 1.82) is 0 Å². The number of carbonyl (C=O) groups is 1. The van der Waals surface area contributed by atoms with Crippen molar-refractivity contribution in [3.63, 3.8) is 0 Å². The number of carbonyl (C=O) groups excluding carboxylic acids is 1. The molecule has 1 saturated heterocycles. The molecule has 33 heavy (non-hydrogen) atoms. The zero-order valence-corrected chi connectivity index (χ0v) is 19.4. The van der Waals surface area contributed by atoms with Crippen molar-refractivity contribution in [2.75, 3.05) is 11.9 Å². The third kappa shape index (κ3) is 4.12. The summed E-state index contributed by atoms with van der Waals surface area (Å²) in [4.78, 5) is 17.1. The van der Waals surface area contributed by atoms with Crippen LogP contribution in [0.2, 0.25) is 0 Å². The predicted octanol–water partition coefficient (Wildman–Crippen LogP) is 4.17. The normalized spacial score (nSPS) is 16.8. The minimum atomic E-state index is -3.82. The molecular weight excluding hydrogens is 458 g/mol.